The number of anilines is 3. The van der Waals surface area contributed by atoms with Gasteiger partial charge in [0.2, 0.25) is 11.6 Å². The maximum absolute atomic E-state index is 12.3. The lowest BCUT2D eigenvalue weighted by molar-refractivity contribution is -0.383. The van der Waals surface area contributed by atoms with Crippen LogP contribution in [0.3, 0.4) is 0 Å². The molecule has 1 N–H and O–H groups in total. The first-order chi connectivity index (χ1) is 19.2. The lowest BCUT2D eigenvalue weighted by Crippen LogP contribution is -2.48. The molecule has 5 aromatic rings. The normalized spacial score (nSPS) is 14.0. The van der Waals surface area contributed by atoms with Crippen molar-refractivity contribution in [1.29, 1.82) is 0 Å². The molecule has 6 rings (SSSR count). The maximum Gasteiger partial charge on any atom is 0.353 e. The van der Waals surface area contributed by atoms with E-state index in [2.05, 4.69) is 73.7 Å². The average Bonchev–Trinajstić information content (AvgIpc) is 2.99. The molecule has 1 fully saturated rings. The Morgan fingerprint density at radius 2 is 1.46 bits per heavy atom. The van der Waals surface area contributed by atoms with Crippen LogP contribution in [-0.2, 0) is 0 Å². The van der Waals surface area contributed by atoms with Crippen molar-refractivity contribution >= 4 is 33.9 Å². The molecule has 0 atom stereocenters. The number of piperazine rings is 1. The minimum absolute atomic E-state index is 0.104. The van der Waals surface area contributed by atoms with Crippen molar-refractivity contribution in [2.24, 2.45) is 0 Å². The summed E-state index contributed by atoms with van der Waals surface area (Å²) in [5, 5.41) is 16.4. The molecule has 1 aliphatic heterocycles. The zero-order valence-corrected chi connectivity index (χ0v) is 21.2. The Balaban J connectivity index is 1.27. The molecule has 0 spiro atoms. The lowest BCUT2D eigenvalue weighted by atomic mass is 9.96. The SMILES string of the molecule is O=[N+]([O-])c1c(Nc2cccc3ncccc23)ncnc1N1CCN(C(c2ccccc2)c2ccccc2)CC1. The molecule has 9 heteroatoms. The van der Waals surface area contributed by atoms with Crippen molar-refractivity contribution in [3.63, 3.8) is 0 Å². The third kappa shape index (κ3) is 4.99. The summed E-state index contributed by atoms with van der Waals surface area (Å²) in [7, 11) is 0. The predicted octanol–water partition coefficient (Wildman–Crippen LogP) is 5.59. The molecule has 39 heavy (non-hydrogen) atoms. The van der Waals surface area contributed by atoms with Gasteiger partial charge in [-0.1, -0.05) is 66.7 Å². The summed E-state index contributed by atoms with van der Waals surface area (Å²) in [5.74, 6) is 0.488. The minimum atomic E-state index is -0.399. The van der Waals surface area contributed by atoms with Crippen LogP contribution >= 0.6 is 0 Å². The van der Waals surface area contributed by atoms with Crippen LogP contribution in [0.5, 0.6) is 0 Å². The summed E-state index contributed by atoms with van der Waals surface area (Å²) in [6.07, 6.45) is 3.11. The number of nitrogens with one attached hydrogen (secondary N) is 1. The largest absolute Gasteiger partial charge is 0.353 e. The number of hydrogen-bond acceptors (Lipinski definition) is 8. The molecule has 194 valence electrons. The van der Waals surface area contributed by atoms with E-state index in [1.54, 1.807) is 6.20 Å². The van der Waals surface area contributed by atoms with Crippen molar-refractivity contribution in [3.05, 3.63) is 125 Å². The van der Waals surface area contributed by atoms with Gasteiger partial charge >= 0.3 is 5.69 Å². The number of hydrogen-bond donors (Lipinski definition) is 1. The number of nitro groups is 1. The van der Waals surface area contributed by atoms with Crippen molar-refractivity contribution in [2.45, 2.75) is 6.04 Å². The van der Waals surface area contributed by atoms with Gasteiger partial charge in [-0.05, 0) is 35.4 Å². The first-order valence-electron chi connectivity index (χ1n) is 12.9. The van der Waals surface area contributed by atoms with Gasteiger partial charge in [-0.2, -0.15) is 0 Å². The van der Waals surface area contributed by atoms with Crippen LogP contribution in [0.4, 0.5) is 23.0 Å². The third-order valence-electron chi connectivity index (χ3n) is 7.09. The topological polar surface area (TPSA) is 100 Å². The Kier molecular flexibility index (Phi) is 6.80. The van der Waals surface area contributed by atoms with Crippen molar-refractivity contribution in [3.8, 4) is 0 Å². The highest BCUT2D eigenvalue weighted by Crippen LogP contribution is 2.36. The Morgan fingerprint density at radius 1 is 0.769 bits per heavy atom. The number of benzene rings is 3. The van der Waals surface area contributed by atoms with Crippen LogP contribution in [0.15, 0.2) is 104 Å². The molecule has 1 saturated heterocycles. The van der Waals surface area contributed by atoms with Crippen LogP contribution in [0.25, 0.3) is 10.9 Å². The molecule has 3 heterocycles. The fourth-order valence-electron chi connectivity index (χ4n) is 5.28. The first-order valence-corrected chi connectivity index (χ1v) is 12.9. The second kappa shape index (κ2) is 10.8. The summed E-state index contributed by atoms with van der Waals surface area (Å²) in [4.78, 5) is 29.3. The molecule has 0 unspecified atom stereocenters. The van der Waals surface area contributed by atoms with Crippen LogP contribution in [-0.4, -0.2) is 51.0 Å². The number of nitrogens with zero attached hydrogens (tertiary/aromatic N) is 6. The van der Waals surface area contributed by atoms with Crippen molar-refractivity contribution < 1.29 is 4.92 Å². The Hall–Kier alpha value is -4.89. The summed E-state index contributed by atoms with van der Waals surface area (Å²) >= 11 is 0. The van der Waals surface area contributed by atoms with E-state index in [1.807, 2.05) is 47.4 Å². The van der Waals surface area contributed by atoms with E-state index in [1.165, 1.54) is 17.5 Å². The molecular weight excluding hydrogens is 490 g/mol. The fraction of sp³-hybridized carbons (Fsp3) is 0.167. The van der Waals surface area contributed by atoms with Crippen LogP contribution in [0.2, 0.25) is 0 Å². The third-order valence-corrected chi connectivity index (χ3v) is 7.09. The van der Waals surface area contributed by atoms with E-state index in [9.17, 15) is 10.1 Å². The van der Waals surface area contributed by atoms with Gasteiger partial charge in [-0.15, -0.1) is 0 Å². The van der Waals surface area contributed by atoms with Gasteiger partial charge in [0.15, 0.2) is 0 Å². The van der Waals surface area contributed by atoms with E-state index < -0.39 is 4.92 Å². The highest BCUT2D eigenvalue weighted by atomic mass is 16.6. The van der Waals surface area contributed by atoms with Crippen LogP contribution in [0, 0.1) is 10.1 Å². The summed E-state index contributed by atoms with van der Waals surface area (Å²) in [6, 6.07) is 30.4. The number of fused-ring (bicyclic) bond motifs is 1. The van der Waals surface area contributed by atoms with Gasteiger partial charge in [0.25, 0.3) is 0 Å². The predicted molar refractivity (Wildman–Crippen MR) is 152 cm³/mol. The van der Waals surface area contributed by atoms with Gasteiger partial charge in [0.1, 0.15) is 6.33 Å². The number of rotatable bonds is 7. The van der Waals surface area contributed by atoms with E-state index >= 15 is 0 Å². The molecule has 0 radical (unpaired) electrons. The Labute approximate surface area is 225 Å². The Morgan fingerprint density at radius 3 is 2.13 bits per heavy atom. The monoisotopic (exact) mass is 517 g/mol. The first kappa shape index (κ1) is 24.4. The molecule has 1 aliphatic rings. The molecular formula is C30H27N7O2. The summed E-state index contributed by atoms with van der Waals surface area (Å²) < 4.78 is 0. The summed E-state index contributed by atoms with van der Waals surface area (Å²) in [6.45, 7) is 2.66. The second-order valence-electron chi connectivity index (χ2n) is 9.40. The molecule has 3 aromatic carbocycles. The molecule has 0 bridgehead atoms. The summed E-state index contributed by atoms with van der Waals surface area (Å²) in [5.41, 5.74) is 3.81. The zero-order valence-electron chi connectivity index (χ0n) is 21.2. The molecule has 2 aromatic heterocycles. The van der Waals surface area contributed by atoms with E-state index in [-0.39, 0.29) is 17.5 Å². The molecule has 0 aliphatic carbocycles. The average molecular weight is 518 g/mol. The van der Waals surface area contributed by atoms with Crippen LogP contribution < -0.4 is 10.2 Å². The maximum atomic E-state index is 12.3. The van der Waals surface area contributed by atoms with E-state index in [4.69, 9.17) is 0 Å². The standard InChI is InChI=1S/C30H27N7O2/c38-37(39)28-29(34-26-15-7-14-25-24(26)13-8-16-31-25)32-21-33-30(28)36-19-17-35(18-20-36)27(22-9-3-1-4-10-22)23-11-5-2-6-12-23/h1-16,21,27H,17-20H2,(H,32,33,34). The molecule has 0 amide bonds. The molecule has 0 saturated carbocycles. The van der Waals surface area contributed by atoms with Gasteiger partial charge in [-0.25, -0.2) is 9.97 Å². The smallest absolute Gasteiger partial charge is 0.348 e. The number of pyridine rings is 1. The van der Waals surface area contributed by atoms with Crippen molar-refractivity contribution in [2.75, 3.05) is 36.4 Å². The van der Waals surface area contributed by atoms with Crippen molar-refractivity contribution in [1.82, 2.24) is 19.9 Å². The Bertz CT molecular complexity index is 1540. The van der Waals surface area contributed by atoms with Gasteiger partial charge in [0, 0.05) is 43.4 Å². The quantitative estimate of drug-likeness (QED) is 0.220. The van der Waals surface area contributed by atoms with Gasteiger partial charge in [0.05, 0.1) is 16.5 Å². The highest BCUT2D eigenvalue weighted by Gasteiger charge is 2.32. The molecule has 9 nitrogen and oxygen atoms in total. The fourth-order valence-corrected chi connectivity index (χ4v) is 5.28. The highest BCUT2D eigenvalue weighted by molar-refractivity contribution is 5.93. The zero-order chi connectivity index (χ0) is 26.6. The van der Waals surface area contributed by atoms with Gasteiger partial charge in [-0.3, -0.25) is 20.0 Å². The minimum Gasteiger partial charge on any atom is -0.348 e. The van der Waals surface area contributed by atoms with Crippen LogP contribution in [0.1, 0.15) is 17.2 Å². The van der Waals surface area contributed by atoms with E-state index in [0.717, 1.165) is 24.0 Å². The van der Waals surface area contributed by atoms with Gasteiger partial charge < -0.3 is 10.2 Å². The lowest BCUT2D eigenvalue weighted by Gasteiger charge is -2.40. The van der Waals surface area contributed by atoms with E-state index in [0.29, 0.717) is 24.6 Å². The second-order valence-corrected chi connectivity index (χ2v) is 9.40. The number of aromatic nitrogens is 3.